The molecule has 0 amide bonds. The van der Waals surface area contributed by atoms with Crippen molar-refractivity contribution in [1.82, 2.24) is 4.72 Å². The van der Waals surface area contributed by atoms with Crippen molar-refractivity contribution in [2.75, 3.05) is 6.54 Å². The maximum atomic E-state index is 11.7. The number of aryl methyl sites for hydroxylation is 1. The summed E-state index contributed by atoms with van der Waals surface area (Å²) in [5, 5.41) is 8.40. The van der Waals surface area contributed by atoms with Crippen LogP contribution in [-0.2, 0) is 14.8 Å². The summed E-state index contributed by atoms with van der Waals surface area (Å²) < 4.78 is 25.7. The van der Waals surface area contributed by atoms with Crippen LogP contribution in [0.3, 0.4) is 0 Å². The van der Waals surface area contributed by atoms with E-state index < -0.39 is 22.5 Å². The highest BCUT2D eigenvalue weighted by molar-refractivity contribution is 9.10. The molecule has 0 unspecified atom stereocenters. The van der Waals surface area contributed by atoms with Gasteiger partial charge in [-0.25, -0.2) is 8.42 Å². The molecular formula is C9H10BrNO4S. The summed E-state index contributed by atoms with van der Waals surface area (Å²) >= 11 is 3.12. The number of hydrogen-bond acceptors (Lipinski definition) is 3. The molecule has 1 aromatic carbocycles. The molecule has 0 aliphatic carbocycles. The first-order valence-electron chi connectivity index (χ1n) is 4.30. The topological polar surface area (TPSA) is 83.5 Å². The van der Waals surface area contributed by atoms with Crippen LogP contribution in [0.1, 0.15) is 5.56 Å². The van der Waals surface area contributed by atoms with E-state index in [1.54, 1.807) is 12.1 Å². The van der Waals surface area contributed by atoms with Crippen molar-refractivity contribution >= 4 is 31.9 Å². The van der Waals surface area contributed by atoms with E-state index in [-0.39, 0.29) is 4.90 Å². The van der Waals surface area contributed by atoms with Crippen molar-refractivity contribution in [3.8, 4) is 0 Å². The lowest BCUT2D eigenvalue weighted by atomic mass is 10.2. The molecule has 0 aliphatic rings. The second kappa shape index (κ2) is 4.94. The fraction of sp³-hybridized carbons (Fsp3) is 0.222. The van der Waals surface area contributed by atoms with E-state index in [0.29, 0.717) is 4.47 Å². The normalized spacial score (nSPS) is 11.4. The molecule has 16 heavy (non-hydrogen) atoms. The van der Waals surface area contributed by atoms with Gasteiger partial charge in [0.2, 0.25) is 10.0 Å². The molecule has 0 saturated heterocycles. The van der Waals surface area contributed by atoms with Gasteiger partial charge in [0.1, 0.15) is 6.54 Å². The van der Waals surface area contributed by atoms with Gasteiger partial charge in [-0.15, -0.1) is 0 Å². The van der Waals surface area contributed by atoms with Crippen molar-refractivity contribution in [3.05, 3.63) is 28.2 Å². The molecular weight excluding hydrogens is 298 g/mol. The number of hydrogen-bond donors (Lipinski definition) is 2. The minimum Gasteiger partial charge on any atom is -0.480 e. The van der Waals surface area contributed by atoms with Crippen LogP contribution in [0.15, 0.2) is 27.6 Å². The molecule has 1 rings (SSSR count). The molecule has 1 aromatic rings. The monoisotopic (exact) mass is 307 g/mol. The number of sulfonamides is 1. The maximum Gasteiger partial charge on any atom is 0.318 e. The van der Waals surface area contributed by atoms with Crippen molar-refractivity contribution in [3.63, 3.8) is 0 Å². The summed E-state index contributed by atoms with van der Waals surface area (Å²) in [4.78, 5) is 10.3. The van der Waals surface area contributed by atoms with E-state index in [1.807, 2.05) is 11.6 Å². The molecule has 7 heteroatoms. The minimum absolute atomic E-state index is 0.0272. The molecule has 0 heterocycles. The van der Waals surface area contributed by atoms with Gasteiger partial charge >= 0.3 is 5.97 Å². The van der Waals surface area contributed by atoms with E-state index in [4.69, 9.17) is 5.11 Å². The number of halogens is 1. The van der Waals surface area contributed by atoms with Gasteiger partial charge in [0, 0.05) is 4.47 Å². The molecule has 0 radical (unpaired) electrons. The molecule has 0 atom stereocenters. The molecule has 0 bridgehead atoms. The molecule has 0 aromatic heterocycles. The van der Waals surface area contributed by atoms with E-state index in [2.05, 4.69) is 15.9 Å². The van der Waals surface area contributed by atoms with Crippen molar-refractivity contribution in [2.45, 2.75) is 11.8 Å². The van der Waals surface area contributed by atoms with Gasteiger partial charge in [-0.3, -0.25) is 4.79 Å². The SMILES string of the molecule is Cc1ccc(S(=O)(=O)NCC(=O)O)c(Br)c1. The Balaban J connectivity index is 3.03. The zero-order valence-electron chi connectivity index (χ0n) is 8.40. The zero-order valence-corrected chi connectivity index (χ0v) is 10.8. The lowest BCUT2D eigenvalue weighted by molar-refractivity contribution is -0.135. The number of carbonyl (C=O) groups is 1. The molecule has 88 valence electrons. The van der Waals surface area contributed by atoms with Crippen LogP contribution in [0.5, 0.6) is 0 Å². The Kier molecular flexibility index (Phi) is 4.06. The Labute approximate surface area is 102 Å². The number of carboxylic acids is 1. The van der Waals surface area contributed by atoms with Gasteiger partial charge in [-0.05, 0) is 40.5 Å². The second-order valence-electron chi connectivity index (χ2n) is 3.15. The van der Waals surface area contributed by atoms with Gasteiger partial charge < -0.3 is 5.11 Å². The largest absolute Gasteiger partial charge is 0.480 e. The highest BCUT2D eigenvalue weighted by Gasteiger charge is 2.18. The third kappa shape index (κ3) is 3.29. The Morgan fingerprint density at radius 2 is 2.12 bits per heavy atom. The van der Waals surface area contributed by atoms with E-state index >= 15 is 0 Å². The number of aliphatic carboxylic acids is 1. The standard InChI is InChI=1S/C9H10BrNO4S/c1-6-2-3-8(7(10)4-6)16(14,15)11-5-9(12)13/h2-4,11H,5H2,1H3,(H,12,13). The first kappa shape index (κ1) is 13.1. The van der Waals surface area contributed by atoms with E-state index in [0.717, 1.165) is 5.56 Å². The van der Waals surface area contributed by atoms with Crippen LogP contribution in [0.25, 0.3) is 0 Å². The molecule has 5 nitrogen and oxygen atoms in total. The van der Waals surface area contributed by atoms with Crippen LogP contribution in [0, 0.1) is 6.92 Å². The maximum absolute atomic E-state index is 11.7. The predicted octanol–water partition coefficient (Wildman–Crippen LogP) is 1.12. The quantitative estimate of drug-likeness (QED) is 0.873. The third-order valence-electron chi connectivity index (χ3n) is 1.79. The van der Waals surface area contributed by atoms with E-state index in [9.17, 15) is 13.2 Å². The average Bonchev–Trinajstić information content (AvgIpc) is 2.14. The van der Waals surface area contributed by atoms with Crippen LogP contribution in [0.2, 0.25) is 0 Å². The first-order chi connectivity index (χ1) is 7.33. The summed E-state index contributed by atoms with van der Waals surface area (Å²) in [6, 6.07) is 4.71. The van der Waals surface area contributed by atoms with Gasteiger partial charge in [0.25, 0.3) is 0 Å². The van der Waals surface area contributed by atoms with E-state index in [1.165, 1.54) is 6.07 Å². The number of rotatable bonds is 4. The van der Waals surface area contributed by atoms with Crippen molar-refractivity contribution in [1.29, 1.82) is 0 Å². The van der Waals surface area contributed by atoms with Gasteiger partial charge in [0.15, 0.2) is 0 Å². The number of nitrogens with one attached hydrogen (secondary N) is 1. The summed E-state index contributed by atoms with van der Waals surface area (Å²) in [5.74, 6) is -1.23. The zero-order chi connectivity index (χ0) is 12.3. The highest BCUT2D eigenvalue weighted by atomic mass is 79.9. The summed E-state index contributed by atoms with van der Waals surface area (Å²) in [7, 11) is -3.78. The minimum atomic E-state index is -3.78. The van der Waals surface area contributed by atoms with Gasteiger partial charge in [-0.2, -0.15) is 4.72 Å². The van der Waals surface area contributed by atoms with Crippen LogP contribution in [-0.4, -0.2) is 26.0 Å². The second-order valence-corrected chi connectivity index (χ2v) is 5.74. The summed E-state index contributed by atoms with van der Waals surface area (Å²) in [6.45, 7) is 1.19. The lowest BCUT2D eigenvalue weighted by Crippen LogP contribution is -2.29. The lowest BCUT2D eigenvalue weighted by Gasteiger charge is -2.07. The summed E-state index contributed by atoms with van der Waals surface area (Å²) in [6.07, 6.45) is 0. The Morgan fingerprint density at radius 3 is 2.62 bits per heavy atom. The fourth-order valence-electron chi connectivity index (χ4n) is 1.06. The summed E-state index contributed by atoms with van der Waals surface area (Å²) in [5.41, 5.74) is 0.907. The molecule has 0 saturated carbocycles. The smallest absolute Gasteiger partial charge is 0.318 e. The Hall–Kier alpha value is -0.920. The number of carboxylic acid groups (broad SMARTS) is 1. The Morgan fingerprint density at radius 1 is 1.50 bits per heavy atom. The molecule has 0 fully saturated rings. The predicted molar refractivity (Wildman–Crippen MR) is 61.7 cm³/mol. The first-order valence-corrected chi connectivity index (χ1v) is 6.58. The number of benzene rings is 1. The van der Waals surface area contributed by atoms with Crippen LogP contribution < -0.4 is 4.72 Å². The van der Waals surface area contributed by atoms with Crippen LogP contribution >= 0.6 is 15.9 Å². The van der Waals surface area contributed by atoms with Crippen LogP contribution in [0.4, 0.5) is 0 Å². The molecule has 0 spiro atoms. The van der Waals surface area contributed by atoms with Gasteiger partial charge in [0.05, 0.1) is 4.90 Å². The highest BCUT2D eigenvalue weighted by Crippen LogP contribution is 2.22. The average molecular weight is 308 g/mol. The molecule has 2 N–H and O–H groups in total. The van der Waals surface area contributed by atoms with Crippen molar-refractivity contribution in [2.24, 2.45) is 0 Å². The molecule has 0 aliphatic heterocycles. The fourth-order valence-corrected chi connectivity index (χ4v) is 3.22. The van der Waals surface area contributed by atoms with Crippen molar-refractivity contribution < 1.29 is 18.3 Å². The van der Waals surface area contributed by atoms with Gasteiger partial charge in [-0.1, -0.05) is 6.07 Å². The third-order valence-corrected chi connectivity index (χ3v) is 4.17. The Bertz CT molecular complexity index is 512.